The van der Waals surface area contributed by atoms with Gasteiger partial charge < -0.3 is 20.6 Å². The molecule has 1 unspecified atom stereocenters. The predicted octanol–water partition coefficient (Wildman–Crippen LogP) is 6.67. The Kier molecular flexibility index (Phi) is 10.0. The monoisotopic (exact) mass is 631 g/mol. The van der Waals surface area contributed by atoms with Crippen LogP contribution in [0.3, 0.4) is 0 Å². The largest absolute Gasteiger partial charge is 0.481 e. The molecule has 174 valence electrons. The van der Waals surface area contributed by atoms with E-state index in [-0.39, 0.29) is 12.5 Å². The van der Waals surface area contributed by atoms with Crippen LogP contribution in [0.5, 0.6) is 0 Å². The summed E-state index contributed by atoms with van der Waals surface area (Å²) in [5.41, 5.74) is 4.43. The van der Waals surface area contributed by atoms with E-state index in [0.29, 0.717) is 6.54 Å². The summed E-state index contributed by atoms with van der Waals surface area (Å²) >= 11 is 10.9. The average molecular weight is 634 g/mol. The van der Waals surface area contributed by atoms with Gasteiger partial charge in [-0.1, -0.05) is 73.3 Å². The molecule has 0 aromatic heterocycles. The fourth-order valence-corrected chi connectivity index (χ4v) is 5.00. The van der Waals surface area contributed by atoms with Gasteiger partial charge in [0.1, 0.15) is 3.23 Å². The van der Waals surface area contributed by atoms with E-state index >= 15 is 0 Å². The molecular formula is C23H28Br3N3O3. The molecule has 0 fully saturated rings. The van der Waals surface area contributed by atoms with Crippen molar-refractivity contribution in [1.29, 1.82) is 0 Å². The minimum Gasteiger partial charge on any atom is -0.481 e. The highest BCUT2D eigenvalue weighted by Gasteiger charge is 2.28. The summed E-state index contributed by atoms with van der Waals surface area (Å²) in [7, 11) is 1.72. The van der Waals surface area contributed by atoms with Crippen LogP contribution in [0.2, 0.25) is 0 Å². The number of nitrogens with one attached hydrogen (secondary N) is 2. The number of carbonyl (C=O) groups excluding carboxylic acids is 1. The minimum atomic E-state index is -0.819. The Morgan fingerprint density at radius 1 is 1.25 bits per heavy atom. The summed E-state index contributed by atoms with van der Waals surface area (Å²) < 4.78 is 0.317. The van der Waals surface area contributed by atoms with Crippen LogP contribution >= 0.6 is 47.8 Å². The summed E-state index contributed by atoms with van der Waals surface area (Å²) in [5, 5.41) is 16.1. The highest BCUT2D eigenvalue weighted by molar-refractivity contribution is 9.24. The van der Waals surface area contributed by atoms with Gasteiger partial charge in [-0.2, -0.15) is 0 Å². The van der Waals surface area contributed by atoms with E-state index < -0.39 is 9.20 Å². The number of amides is 1. The first-order chi connectivity index (χ1) is 15.1. The molecule has 2 aromatic carbocycles. The van der Waals surface area contributed by atoms with Gasteiger partial charge in [-0.15, -0.1) is 0 Å². The maximum atomic E-state index is 11.5. The van der Waals surface area contributed by atoms with E-state index in [0.717, 1.165) is 51.9 Å². The van der Waals surface area contributed by atoms with Gasteiger partial charge in [0.25, 0.3) is 0 Å². The van der Waals surface area contributed by atoms with Crippen LogP contribution in [-0.4, -0.2) is 30.6 Å². The first-order valence-corrected chi connectivity index (χ1v) is 12.6. The SMILES string of the molecule is CCCC(CC(=O)O)Nc1ccccc1NCc1cc(Br)cc(N(C)C=O)c1C(C)(Br)Br. The highest BCUT2D eigenvalue weighted by atomic mass is 79.9. The molecule has 0 saturated heterocycles. The van der Waals surface area contributed by atoms with Crippen LogP contribution in [-0.2, 0) is 19.4 Å². The van der Waals surface area contributed by atoms with Crippen molar-refractivity contribution in [2.24, 2.45) is 0 Å². The number of alkyl halides is 2. The summed E-state index contributed by atoms with van der Waals surface area (Å²) in [6.07, 6.45) is 2.50. The quantitative estimate of drug-likeness (QED) is 0.180. The Morgan fingerprint density at radius 3 is 2.47 bits per heavy atom. The molecule has 0 radical (unpaired) electrons. The number of hydrogen-bond donors (Lipinski definition) is 3. The van der Waals surface area contributed by atoms with Crippen molar-refractivity contribution >= 4 is 77.2 Å². The third-order valence-electron chi connectivity index (χ3n) is 4.96. The fourth-order valence-electron chi connectivity index (χ4n) is 3.59. The third kappa shape index (κ3) is 7.49. The van der Waals surface area contributed by atoms with E-state index in [1.54, 1.807) is 11.9 Å². The lowest BCUT2D eigenvalue weighted by molar-refractivity contribution is -0.137. The molecule has 0 aliphatic carbocycles. The number of hydrogen-bond acceptors (Lipinski definition) is 4. The fraction of sp³-hybridized carbons (Fsp3) is 0.391. The lowest BCUT2D eigenvalue weighted by Crippen LogP contribution is -2.24. The van der Waals surface area contributed by atoms with Gasteiger partial charge in [-0.25, -0.2) is 0 Å². The molecule has 0 aliphatic rings. The molecule has 0 aliphatic heterocycles. The van der Waals surface area contributed by atoms with Crippen molar-refractivity contribution in [3.63, 3.8) is 0 Å². The summed E-state index contributed by atoms with van der Waals surface area (Å²) in [6, 6.07) is 11.5. The zero-order valence-electron chi connectivity index (χ0n) is 18.3. The first-order valence-electron chi connectivity index (χ1n) is 10.3. The Balaban J connectivity index is 2.36. The highest BCUT2D eigenvalue weighted by Crippen LogP contribution is 2.45. The zero-order valence-corrected chi connectivity index (χ0v) is 23.1. The molecule has 0 spiro atoms. The second kappa shape index (κ2) is 12.0. The van der Waals surface area contributed by atoms with Crippen molar-refractivity contribution in [3.05, 3.63) is 52.0 Å². The van der Waals surface area contributed by atoms with E-state index in [2.05, 4.69) is 58.4 Å². The molecular weight excluding hydrogens is 606 g/mol. The van der Waals surface area contributed by atoms with E-state index in [1.807, 2.05) is 50.2 Å². The third-order valence-corrected chi connectivity index (χ3v) is 6.21. The molecule has 1 atom stereocenters. The van der Waals surface area contributed by atoms with Gasteiger partial charge in [-0.05, 0) is 43.2 Å². The number of halogens is 3. The van der Waals surface area contributed by atoms with E-state index in [1.165, 1.54) is 0 Å². The van der Waals surface area contributed by atoms with E-state index in [4.69, 9.17) is 0 Å². The van der Waals surface area contributed by atoms with Crippen LogP contribution in [0.1, 0.15) is 44.2 Å². The van der Waals surface area contributed by atoms with Gasteiger partial charge in [0.2, 0.25) is 6.41 Å². The van der Waals surface area contributed by atoms with Crippen LogP contribution < -0.4 is 15.5 Å². The number of carbonyl (C=O) groups is 2. The number of benzene rings is 2. The summed E-state index contributed by atoms with van der Waals surface area (Å²) in [6.45, 7) is 4.51. The zero-order chi connectivity index (χ0) is 23.9. The number of nitrogens with zero attached hydrogens (tertiary/aromatic N) is 1. The summed E-state index contributed by atoms with van der Waals surface area (Å²) in [4.78, 5) is 24.3. The van der Waals surface area contributed by atoms with Crippen molar-refractivity contribution in [2.75, 3.05) is 22.6 Å². The standard InChI is InChI=1S/C23H28Br3N3O3/c1-4-7-17(12-21(31)32)28-19-9-6-5-8-18(19)27-13-15-10-16(24)11-20(29(3)14-30)22(15)23(2,25)26/h5-6,8-11,14,17,27-28H,4,7,12-13H2,1-3H3,(H,31,32). The number of carboxylic acid groups (broad SMARTS) is 1. The van der Waals surface area contributed by atoms with Crippen molar-refractivity contribution in [2.45, 2.75) is 48.9 Å². The Labute approximate surface area is 214 Å². The maximum absolute atomic E-state index is 11.5. The smallest absolute Gasteiger partial charge is 0.305 e. The van der Waals surface area contributed by atoms with Gasteiger partial charge >= 0.3 is 5.97 Å². The average Bonchev–Trinajstić information content (AvgIpc) is 2.70. The molecule has 6 nitrogen and oxygen atoms in total. The van der Waals surface area contributed by atoms with Crippen LogP contribution in [0, 0.1) is 0 Å². The molecule has 2 rings (SSSR count). The maximum Gasteiger partial charge on any atom is 0.305 e. The molecule has 0 heterocycles. The van der Waals surface area contributed by atoms with Gasteiger partial charge in [0, 0.05) is 35.4 Å². The second-order valence-corrected chi connectivity index (χ2v) is 12.8. The Bertz CT molecular complexity index is 948. The van der Waals surface area contributed by atoms with E-state index in [9.17, 15) is 14.7 Å². The number of carboxylic acids is 1. The second-order valence-electron chi connectivity index (χ2n) is 7.69. The number of anilines is 3. The van der Waals surface area contributed by atoms with Crippen LogP contribution in [0.15, 0.2) is 40.9 Å². The van der Waals surface area contributed by atoms with Crippen molar-refractivity contribution < 1.29 is 14.7 Å². The van der Waals surface area contributed by atoms with Gasteiger partial charge in [-0.3, -0.25) is 9.59 Å². The number of para-hydroxylation sites is 2. The molecule has 9 heteroatoms. The van der Waals surface area contributed by atoms with Gasteiger partial charge in [0.15, 0.2) is 0 Å². The Morgan fingerprint density at radius 2 is 1.91 bits per heavy atom. The number of aliphatic carboxylic acids is 1. The minimum absolute atomic E-state index is 0.0604. The normalized spacial score (nSPS) is 12.2. The van der Waals surface area contributed by atoms with Crippen molar-refractivity contribution in [1.82, 2.24) is 0 Å². The predicted molar refractivity (Wildman–Crippen MR) is 142 cm³/mol. The van der Waals surface area contributed by atoms with Crippen LogP contribution in [0.4, 0.5) is 17.1 Å². The molecule has 1 amide bonds. The molecule has 2 aromatic rings. The number of rotatable bonds is 12. The molecule has 0 saturated carbocycles. The topological polar surface area (TPSA) is 81.7 Å². The molecule has 0 bridgehead atoms. The van der Waals surface area contributed by atoms with Crippen LogP contribution in [0.25, 0.3) is 0 Å². The Hall–Kier alpha value is -1.58. The first kappa shape index (κ1) is 26.7. The lowest BCUT2D eigenvalue weighted by Gasteiger charge is -2.27. The molecule has 32 heavy (non-hydrogen) atoms. The van der Waals surface area contributed by atoms with Gasteiger partial charge in [0.05, 0.1) is 17.8 Å². The lowest BCUT2D eigenvalue weighted by atomic mass is 10.0. The summed E-state index contributed by atoms with van der Waals surface area (Å²) in [5.74, 6) is -0.819. The van der Waals surface area contributed by atoms with Crippen molar-refractivity contribution in [3.8, 4) is 0 Å². The molecule has 3 N–H and O–H groups in total.